The van der Waals surface area contributed by atoms with E-state index in [0.717, 1.165) is 18.2 Å². The fraction of sp³-hybridized carbons (Fsp3) is 0.500. The van der Waals surface area contributed by atoms with Crippen molar-refractivity contribution in [2.75, 3.05) is 25.1 Å². The highest BCUT2D eigenvalue weighted by molar-refractivity contribution is 5.53. The van der Waals surface area contributed by atoms with E-state index in [-0.39, 0.29) is 0 Å². The van der Waals surface area contributed by atoms with Gasteiger partial charge in [-0.2, -0.15) is 5.26 Å². The van der Waals surface area contributed by atoms with Gasteiger partial charge in [0.25, 0.3) is 0 Å². The average molecular weight is 217 g/mol. The molecule has 0 amide bonds. The van der Waals surface area contributed by atoms with E-state index in [4.69, 9.17) is 10.00 Å². The van der Waals surface area contributed by atoms with Crippen LogP contribution in [0.5, 0.6) is 0 Å². The molecule has 1 heterocycles. The Labute approximate surface area is 95.3 Å². The molecule has 0 unspecified atom stereocenters. The molecule has 0 aliphatic heterocycles. The van der Waals surface area contributed by atoms with Gasteiger partial charge >= 0.3 is 0 Å². The van der Waals surface area contributed by atoms with Crippen molar-refractivity contribution in [2.45, 2.75) is 12.8 Å². The van der Waals surface area contributed by atoms with Crippen molar-refractivity contribution < 1.29 is 4.74 Å². The standard InChI is InChI=1S/C12H15N3O/c13-8-12-11(2-1-5-14-12)15-6-7-16-9-10-3-4-10/h1-2,5,10,15H,3-4,6-7,9H2. The molecule has 4 heteroatoms. The van der Waals surface area contributed by atoms with Crippen LogP contribution in [-0.4, -0.2) is 24.7 Å². The van der Waals surface area contributed by atoms with Crippen molar-refractivity contribution in [1.82, 2.24) is 4.98 Å². The van der Waals surface area contributed by atoms with Gasteiger partial charge in [0.2, 0.25) is 0 Å². The minimum Gasteiger partial charge on any atom is -0.380 e. The quantitative estimate of drug-likeness (QED) is 0.738. The minimum absolute atomic E-state index is 0.435. The second-order valence-electron chi connectivity index (χ2n) is 3.96. The summed E-state index contributed by atoms with van der Waals surface area (Å²) in [6, 6.07) is 5.72. The molecule has 84 valence electrons. The summed E-state index contributed by atoms with van der Waals surface area (Å²) in [4.78, 5) is 3.97. The van der Waals surface area contributed by atoms with Crippen LogP contribution in [0.2, 0.25) is 0 Å². The monoisotopic (exact) mass is 217 g/mol. The van der Waals surface area contributed by atoms with Crippen LogP contribution >= 0.6 is 0 Å². The van der Waals surface area contributed by atoms with Gasteiger partial charge in [0.1, 0.15) is 6.07 Å². The number of hydrogen-bond donors (Lipinski definition) is 1. The average Bonchev–Trinajstić information content (AvgIpc) is 3.13. The molecule has 16 heavy (non-hydrogen) atoms. The number of nitriles is 1. The number of rotatable bonds is 6. The number of nitrogens with zero attached hydrogens (tertiary/aromatic N) is 2. The first-order valence-electron chi connectivity index (χ1n) is 5.57. The van der Waals surface area contributed by atoms with Crippen LogP contribution in [0.25, 0.3) is 0 Å². The normalized spacial score (nSPS) is 14.4. The minimum atomic E-state index is 0.435. The maximum absolute atomic E-state index is 8.82. The maximum atomic E-state index is 8.82. The third kappa shape index (κ3) is 3.21. The van der Waals surface area contributed by atoms with Crippen LogP contribution in [0, 0.1) is 17.2 Å². The molecule has 0 radical (unpaired) electrons. The van der Waals surface area contributed by atoms with Gasteiger partial charge in [-0.05, 0) is 30.9 Å². The lowest BCUT2D eigenvalue weighted by Crippen LogP contribution is -2.11. The van der Waals surface area contributed by atoms with Crippen LogP contribution in [0.4, 0.5) is 5.69 Å². The van der Waals surface area contributed by atoms with Crippen LogP contribution in [0.15, 0.2) is 18.3 Å². The fourth-order valence-corrected chi connectivity index (χ4v) is 1.43. The Balaban J connectivity index is 1.69. The van der Waals surface area contributed by atoms with Crippen molar-refractivity contribution in [3.8, 4) is 6.07 Å². The van der Waals surface area contributed by atoms with Crippen molar-refractivity contribution in [2.24, 2.45) is 5.92 Å². The molecule has 0 aromatic carbocycles. The summed E-state index contributed by atoms with van der Waals surface area (Å²) in [7, 11) is 0. The summed E-state index contributed by atoms with van der Waals surface area (Å²) < 4.78 is 5.49. The van der Waals surface area contributed by atoms with E-state index < -0.39 is 0 Å². The van der Waals surface area contributed by atoms with Crippen LogP contribution < -0.4 is 5.32 Å². The molecule has 0 spiro atoms. The van der Waals surface area contributed by atoms with Gasteiger partial charge in [0.15, 0.2) is 5.69 Å². The molecule has 1 aliphatic rings. The van der Waals surface area contributed by atoms with Crippen LogP contribution in [0.1, 0.15) is 18.5 Å². The van der Waals surface area contributed by atoms with Gasteiger partial charge in [0.05, 0.1) is 12.3 Å². The molecule has 1 fully saturated rings. The van der Waals surface area contributed by atoms with Crippen molar-refractivity contribution in [3.05, 3.63) is 24.0 Å². The zero-order chi connectivity index (χ0) is 11.2. The molecule has 1 N–H and O–H groups in total. The Hall–Kier alpha value is -1.60. The SMILES string of the molecule is N#Cc1ncccc1NCCOCC1CC1. The topological polar surface area (TPSA) is 57.9 Å². The molecule has 0 atom stereocenters. The van der Waals surface area contributed by atoms with E-state index in [9.17, 15) is 0 Å². The number of aromatic nitrogens is 1. The second kappa shape index (κ2) is 5.47. The molecular weight excluding hydrogens is 202 g/mol. The maximum Gasteiger partial charge on any atom is 0.163 e. The lowest BCUT2D eigenvalue weighted by atomic mass is 10.3. The first-order chi connectivity index (χ1) is 7.90. The number of ether oxygens (including phenoxy) is 1. The molecule has 1 aliphatic carbocycles. The first-order valence-corrected chi connectivity index (χ1v) is 5.57. The highest BCUT2D eigenvalue weighted by Gasteiger charge is 2.20. The van der Waals surface area contributed by atoms with E-state index in [0.29, 0.717) is 18.8 Å². The van der Waals surface area contributed by atoms with Gasteiger partial charge in [-0.3, -0.25) is 0 Å². The molecule has 1 aromatic rings. The number of pyridine rings is 1. The second-order valence-corrected chi connectivity index (χ2v) is 3.96. The molecule has 0 saturated heterocycles. The Morgan fingerprint density at radius 3 is 3.19 bits per heavy atom. The largest absolute Gasteiger partial charge is 0.380 e. The van der Waals surface area contributed by atoms with Crippen molar-refractivity contribution in [3.63, 3.8) is 0 Å². The summed E-state index contributed by atoms with van der Waals surface area (Å²) in [6.45, 7) is 2.27. The Bertz CT molecular complexity index is 382. The predicted octanol–water partition coefficient (Wildman–Crippen LogP) is 1.79. The summed E-state index contributed by atoms with van der Waals surface area (Å²) in [5, 5.41) is 12.0. The fourth-order valence-electron chi connectivity index (χ4n) is 1.43. The summed E-state index contributed by atoms with van der Waals surface area (Å²) in [6.07, 6.45) is 4.25. The lowest BCUT2D eigenvalue weighted by Gasteiger charge is -2.07. The van der Waals surface area contributed by atoms with Gasteiger partial charge < -0.3 is 10.1 Å². The van der Waals surface area contributed by atoms with E-state index >= 15 is 0 Å². The zero-order valence-corrected chi connectivity index (χ0v) is 9.15. The third-order valence-electron chi connectivity index (χ3n) is 2.53. The molecule has 2 rings (SSSR count). The number of nitrogens with one attached hydrogen (secondary N) is 1. The van der Waals surface area contributed by atoms with E-state index in [1.165, 1.54) is 12.8 Å². The van der Waals surface area contributed by atoms with Gasteiger partial charge in [-0.1, -0.05) is 0 Å². The third-order valence-corrected chi connectivity index (χ3v) is 2.53. The first kappa shape index (κ1) is 10.9. The van der Waals surface area contributed by atoms with Gasteiger partial charge in [-0.15, -0.1) is 0 Å². The van der Waals surface area contributed by atoms with E-state index in [1.54, 1.807) is 6.20 Å². The van der Waals surface area contributed by atoms with Gasteiger partial charge in [0, 0.05) is 19.3 Å². The van der Waals surface area contributed by atoms with E-state index in [2.05, 4.69) is 16.4 Å². The molecule has 1 saturated carbocycles. The Kier molecular flexibility index (Phi) is 3.73. The van der Waals surface area contributed by atoms with Crippen molar-refractivity contribution in [1.29, 1.82) is 5.26 Å². The summed E-state index contributed by atoms with van der Waals surface area (Å²) in [5.74, 6) is 0.799. The molecular formula is C12H15N3O. The van der Waals surface area contributed by atoms with Crippen LogP contribution in [-0.2, 0) is 4.74 Å². The molecule has 4 nitrogen and oxygen atoms in total. The van der Waals surface area contributed by atoms with E-state index in [1.807, 2.05) is 12.1 Å². The van der Waals surface area contributed by atoms with Crippen LogP contribution in [0.3, 0.4) is 0 Å². The summed E-state index contributed by atoms with van der Waals surface area (Å²) >= 11 is 0. The predicted molar refractivity (Wildman–Crippen MR) is 61.0 cm³/mol. The lowest BCUT2D eigenvalue weighted by molar-refractivity contribution is 0.134. The number of anilines is 1. The smallest absolute Gasteiger partial charge is 0.163 e. The Morgan fingerprint density at radius 2 is 2.44 bits per heavy atom. The number of hydrogen-bond acceptors (Lipinski definition) is 4. The Morgan fingerprint density at radius 1 is 1.56 bits per heavy atom. The molecule has 0 bridgehead atoms. The van der Waals surface area contributed by atoms with Gasteiger partial charge in [-0.25, -0.2) is 4.98 Å². The zero-order valence-electron chi connectivity index (χ0n) is 9.15. The van der Waals surface area contributed by atoms with Crippen molar-refractivity contribution >= 4 is 5.69 Å². The molecule has 1 aromatic heterocycles. The summed E-state index contributed by atoms with van der Waals surface area (Å²) in [5.41, 5.74) is 1.21. The highest BCUT2D eigenvalue weighted by Crippen LogP contribution is 2.28. The highest BCUT2D eigenvalue weighted by atomic mass is 16.5.